The van der Waals surface area contributed by atoms with Gasteiger partial charge in [0.05, 0.1) is 12.8 Å². The number of aryl methyl sites for hydroxylation is 1. The average molecular weight is 316 g/mol. The monoisotopic (exact) mass is 316 g/mol. The number of unbranched alkanes of at least 4 members (excludes halogenated alkanes) is 1. The van der Waals surface area contributed by atoms with E-state index in [1.165, 1.54) is 5.69 Å². The van der Waals surface area contributed by atoms with Crippen LogP contribution < -0.4 is 5.32 Å². The second kappa shape index (κ2) is 9.08. The van der Waals surface area contributed by atoms with Gasteiger partial charge in [-0.15, -0.1) is 0 Å². The van der Waals surface area contributed by atoms with Gasteiger partial charge >= 0.3 is 0 Å². The highest BCUT2D eigenvalue weighted by Crippen LogP contribution is 2.05. The third kappa shape index (κ3) is 5.51. The molecule has 0 spiro atoms. The van der Waals surface area contributed by atoms with Gasteiger partial charge in [0.2, 0.25) is 0 Å². The number of furan rings is 1. The molecule has 2 heterocycles. The summed E-state index contributed by atoms with van der Waals surface area (Å²) in [4.78, 5) is 6.91. The van der Waals surface area contributed by atoms with E-state index in [0.717, 1.165) is 50.6 Å². The highest BCUT2D eigenvalue weighted by Gasteiger charge is 2.09. The number of guanidine groups is 1. The van der Waals surface area contributed by atoms with Crippen molar-refractivity contribution in [1.29, 1.82) is 0 Å². The SMILES string of the molecule is CCCCN=C(NCCc1ccco1)N(C)Cc1cccn1C. The lowest BCUT2D eigenvalue weighted by atomic mass is 10.3. The summed E-state index contributed by atoms with van der Waals surface area (Å²) in [5.74, 6) is 1.95. The minimum Gasteiger partial charge on any atom is -0.469 e. The maximum Gasteiger partial charge on any atom is 0.194 e. The molecule has 0 atom stereocenters. The fraction of sp³-hybridized carbons (Fsp3) is 0.500. The number of aliphatic imine (C=N–C) groups is 1. The second-order valence-electron chi connectivity index (χ2n) is 5.78. The summed E-state index contributed by atoms with van der Waals surface area (Å²) in [7, 11) is 4.15. The van der Waals surface area contributed by atoms with Gasteiger partial charge in [-0.3, -0.25) is 4.99 Å². The van der Waals surface area contributed by atoms with Crippen LogP contribution in [0.1, 0.15) is 31.2 Å². The summed E-state index contributed by atoms with van der Waals surface area (Å²) in [5.41, 5.74) is 1.27. The Morgan fingerprint density at radius 3 is 2.87 bits per heavy atom. The fourth-order valence-electron chi connectivity index (χ4n) is 2.39. The first-order valence-corrected chi connectivity index (χ1v) is 8.32. The van der Waals surface area contributed by atoms with Crippen molar-refractivity contribution < 1.29 is 4.42 Å². The molecule has 0 aromatic carbocycles. The lowest BCUT2D eigenvalue weighted by Crippen LogP contribution is -2.40. The van der Waals surface area contributed by atoms with Crippen LogP contribution >= 0.6 is 0 Å². The van der Waals surface area contributed by atoms with E-state index in [1.54, 1.807) is 6.26 Å². The van der Waals surface area contributed by atoms with Crippen LogP contribution in [-0.4, -0.2) is 35.6 Å². The summed E-state index contributed by atoms with van der Waals surface area (Å²) in [6, 6.07) is 8.14. The quantitative estimate of drug-likeness (QED) is 0.462. The van der Waals surface area contributed by atoms with Crippen LogP contribution in [0.15, 0.2) is 46.1 Å². The van der Waals surface area contributed by atoms with Crippen LogP contribution in [-0.2, 0) is 20.0 Å². The first kappa shape index (κ1) is 17.2. The van der Waals surface area contributed by atoms with E-state index in [1.807, 2.05) is 12.1 Å². The summed E-state index contributed by atoms with van der Waals surface area (Å²) in [6.45, 7) is 4.70. The number of rotatable bonds is 8. The predicted octanol–water partition coefficient (Wildman–Crippen LogP) is 3.04. The lowest BCUT2D eigenvalue weighted by Gasteiger charge is -2.23. The zero-order chi connectivity index (χ0) is 16.5. The third-order valence-corrected chi connectivity index (χ3v) is 3.82. The molecule has 0 amide bonds. The zero-order valence-corrected chi connectivity index (χ0v) is 14.5. The molecule has 126 valence electrons. The van der Waals surface area contributed by atoms with Crippen LogP contribution in [0.5, 0.6) is 0 Å². The maximum absolute atomic E-state index is 5.38. The Morgan fingerprint density at radius 1 is 1.35 bits per heavy atom. The van der Waals surface area contributed by atoms with E-state index in [9.17, 15) is 0 Å². The highest BCUT2D eigenvalue weighted by molar-refractivity contribution is 5.79. The van der Waals surface area contributed by atoms with Crippen molar-refractivity contribution in [1.82, 2.24) is 14.8 Å². The van der Waals surface area contributed by atoms with E-state index in [0.29, 0.717) is 0 Å². The minimum atomic E-state index is 0.815. The van der Waals surface area contributed by atoms with Crippen molar-refractivity contribution in [3.05, 3.63) is 48.2 Å². The normalized spacial score (nSPS) is 11.7. The van der Waals surface area contributed by atoms with Crippen LogP contribution in [0.2, 0.25) is 0 Å². The molecule has 0 aliphatic carbocycles. The van der Waals surface area contributed by atoms with Gasteiger partial charge in [0.1, 0.15) is 5.76 Å². The van der Waals surface area contributed by atoms with E-state index in [2.05, 4.69) is 54.1 Å². The summed E-state index contributed by atoms with van der Waals surface area (Å²) < 4.78 is 7.52. The molecule has 0 aliphatic rings. The molecule has 0 unspecified atom stereocenters. The van der Waals surface area contributed by atoms with E-state index in [4.69, 9.17) is 9.41 Å². The molecular weight excluding hydrogens is 288 g/mol. The van der Waals surface area contributed by atoms with Crippen LogP contribution in [0, 0.1) is 0 Å². The minimum absolute atomic E-state index is 0.815. The van der Waals surface area contributed by atoms with Crippen molar-refractivity contribution in [2.75, 3.05) is 20.1 Å². The van der Waals surface area contributed by atoms with Gasteiger partial charge < -0.3 is 19.2 Å². The van der Waals surface area contributed by atoms with Crippen LogP contribution in [0.3, 0.4) is 0 Å². The van der Waals surface area contributed by atoms with Gasteiger partial charge in [-0.2, -0.15) is 0 Å². The van der Waals surface area contributed by atoms with Crippen molar-refractivity contribution in [2.24, 2.45) is 12.0 Å². The largest absolute Gasteiger partial charge is 0.469 e. The van der Waals surface area contributed by atoms with E-state index < -0.39 is 0 Å². The molecule has 2 rings (SSSR count). The molecular formula is C18H28N4O. The maximum atomic E-state index is 5.38. The van der Waals surface area contributed by atoms with E-state index in [-0.39, 0.29) is 0 Å². The summed E-state index contributed by atoms with van der Waals surface area (Å²) >= 11 is 0. The van der Waals surface area contributed by atoms with Crippen LogP contribution in [0.4, 0.5) is 0 Å². The molecule has 2 aromatic heterocycles. The van der Waals surface area contributed by atoms with Crippen molar-refractivity contribution >= 4 is 5.96 Å². The number of hydrogen-bond acceptors (Lipinski definition) is 2. The van der Waals surface area contributed by atoms with Gasteiger partial charge in [0.25, 0.3) is 0 Å². The van der Waals surface area contributed by atoms with Gasteiger partial charge in [0, 0.05) is 45.5 Å². The number of aromatic nitrogens is 1. The molecule has 5 nitrogen and oxygen atoms in total. The number of nitrogens with one attached hydrogen (secondary N) is 1. The van der Waals surface area contributed by atoms with Crippen molar-refractivity contribution in [3.63, 3.8) is 0 Å². The Hall–Kier alpha value is -2.17. The summed E-state index contributed by atoms with van der Waals surface area (Å²) in [5, 5.41) is 3.46. The Bertz CT molecular complexity index is 586. The van der Waals surface area contributed by atoms with Crippen LogP contribution in [0.25, 0.3) is 0 Å². The van der Waals surface area contributed by atoms with Gasteiger partial charge in [-0.25, -0.2) is 0 Å². The highest BCUT2D eigenvalue weighted by atomic mass is 16.3. The third-order valence-electron chi connectivity index (χ3n) is 3.82. The van der Waals surface area contributed by atoms with Gasteiger partial charge in [-0.05, 0) is 30.7 Å². The van der Waals surface area contributed by atoms with Crippen molar-refractivity contribution in [3.8, 4) is 0 Å². The molecule has 23 heavy (non-hydrogen) atoms. The first-order chi connectivity index (χ1) is 11.2. The average Bonchev–Trinajstić information content (AvgIpc) is 3.18. The molecule has 0 saturated heterocycles. The number of nitrogens with zero attached hydrogens (tertiary/aromatic N) is 3. The summed E-state index contributed by atoms with van der Waals surface area (Å²) in [6.07, 6.45) is 6.92. The second-order valence-corrected chi connectivity index (χ2v) is 5.78. The molecule has 0 radical (unpaired) electrons. The lowest BCUT2D eigenvalue weighted by molar-refractivity contribution is 0.455. The standard InChI is InChI=1S/C18H28N4O/c1-4-5-11-19-18(20-12-10-17-9-7-14-23-17)22(3)15-16-8-6-13-21(16)2/h6-9,13-14H,4-5,10-12,15H2,1-3H3,(H,19,20). The molecule has 0 saturated carbocycles. The Kier molecular flexibility index (Phi) is 6.78. The zero-order valence-electron chi connectivity index (χ0n) is 14.5. The molecule has 5 heteroatoms. The Labute approximate surface area is 139 Å². The van der Waals surface area contributed by atoms with E-state index >= 15 is 0 Å². The molecule has 0 bridgehead atoms. The molecule has 0 aliphatic heterocycles. The van der Waals surface area contributed by atoms with Gasteiger partial charge in [0.15, 0.2) is 5.96 Å². The fourth-order valence-corrected chi connectivity index (χ4v) is 2.39. The predicted molar refractivity (Wildman–Crippen MR) is 94.5 cm³/mol. The van der Waals surface area contributed by atoms with Gasteiger partial charge in [-0.1, -0.05) is 13.3 Å². The van der Waals surface area contributed by atoms with Crippen molar-refractivity contribution in [2.45, 2.75) is 32.7 Å². The molecule has 1 N–H and O–H groups in total. The topological polar surface area (TPSA) is 45.7 Å². The molecule has 2 aromatic rings. The number of hydrogen-bond donors (Lipinski definition) is 1. The first-order valence-electron chi connectivity index (χ1n) is 8.32. The Balaban J connectivity index is 1.92. The molecule has 0 fully saturated rings. The Morgan fingerprint density at radius 2 is 2.22 bits per heavy atom. The smallest absolute Gasteiger partial charge is 0.194 e.